The molecule has 1 heterocycles. The first-order valence-corrected chi connectivity index (χ1v) is 10.1. The van der Waals surface area contributed by atoms with E-state index in [1.54, 1.807) is 0 Å². The summed E-state index contributed by atoms with van der Waals surface area (Å²) in [5, 5.41) is 3.86. The second-order valence-electron chi connectivity index (χ2n) is 7.65. The summed E-state index contributed by atoms with van der Waals surface area (Å²) in [7, 11) is 0. The highest BCUT2D eigenvalue weighted by molar-refractivity contribution is 5.19. The Hall–Kier alpha value is -0.890. The fourth-order valence-corrected chi connectivity index (χ4v) is 4.51. The van der Waals surface area contributed by atoms with E-state index >= 15 is 0 Å². The van der Waals surface area contributed by atoms with E-state index in [4.69, 9.17) is 4.98 Å². The van der Waals surface area contributed by atoms with Gasteiger partial charge in [0.25, 0.3) is 0 Å². The first-order valence-electron chi connectivity index (χ1n) is 10.1. The van der Waals surface area contributed by atoms with Gasteiger partial charge in [0.2, 0.25) is 0 Å². The van der Waals surface area contributed by atoms with Gasteiger partial charge in [-0.05, 0) is 56.7 Å². The van der Waals surface area contributed by atoms with E-state index in [2.05, 4.69) is 30.4 Å². The molecule has 0 bridgehead atoms. The third-order valence-electron chi connectivity index (χ3n) is 5.90. The quantitative estimate of drug-likeness (QED) is 0.648. The van der Waals surface area contributed by atoms with Gasteiger partial charge >= 0.3 is 0 Å². The Kier molecular flexibility index (Phi) is 6.50. The van der Waals surface area contributed by atoms with Crippen LogP contribution >= 0.6 is 0 Å². The molecule has 1 aromatic rings. The molecule has 1 N–H and O–H groups in total. The number of unbranched alkanes of at least 4 members (excludes halogenated alkanes) is 1. The lowest BCUT2D eigenvalue weighted by Gasteiger charge is -2.31. The third-order valence-corrected chi connectivity index (χ3v) is 5.90. The lowest BCUT2D eigenvalue weighted by atomic mass is 9.82. The topological polar surface area (TPSA) is 24.9 Å². The zero-order valence-electron chi connectivity index (χ0n) is 14.9. The summed E-state index contributed by atoms with van der Waals surface area (Å²) < 4.78 is 0. The van der Waals surface area contributed by atoms with Crippen LogP contribution in [0.4, 0.5) is 0 Å². The lowest BCUT2D eigenvalue weighted by Crippen LogP contribution is -2.31. The van der Waals surface area contributed by atoms with Gasteiger partial charge in [-0.3, -0.25) is 4.98 Å². The van der Waals surface area contributed by atoms with Gasteiger partial charge in [0, 0.05) is 11.6 Å². The molecule has 0 aliphatic heterocycles. The predicted molar refractivity (Wildman–Crippen MR) is 97.7 cm³/mol. The van der Waals surface area contributed by atoms with Gasteiger partial charge in [0.05, 0.1) is 11.7 Å². The summed E-state index contributed by atoms with van der Waals surface area (Å²) in [6.07, 6.45) is 15.0. The zero-order chi connectivity index (χ0) is 15.9. The summed E-state index contributed by atoms with van der Waals surface area (Å²) in [6.45, 7) is 3.41. The van der Waals surface area contributed by atoms with Gasteiger partial charge in [-0.25, -0.2) is 0 Å². The lowest BCUT2D eigenvalue weighted by molar-refractivity contribution is 0.266. The van der Waals surface area contributed by atoms with Crippen LogP contribution in [0.1, 0.15) is 101 Å². The Bertz CT molecular complexity index is 459. The molecule has 0 aromatic carbocycles. The van der Waals surface area contributed by atoms with E-state index in [0.717, 1.165) is 18.4 Å². The molecule has 2 aliphatic rings. The number of nitrogens with zero attached hydrogens (tertiary/aromatic N) is 1. The predicted octanol–water partition coefficient (Wildman–Crippen LogP) is 5.75. The maximum Gasteiger partial charge on any atom is 0.0579 e. The Morgan fingerprint density at radius 3 is 2.52 bits per heavy atom. The van der Waals surface area contributed by atoms with Crippen molar-refractivity contribution in [3.63, 3.8) is 0 Å². The van der Waals surface area contributed by atoms with Crippen molar-refractivity contribution in [2.45, 2.75) is 89.5 Å². The molecule has 2 heteroatoms. The molecule has 23 heavy (non-hydrogen) atoms. The van der Waals surface area contributed by atoms with Crippen molar-refractivity contribution < 1.29 is 0 Å². The van der Waals surface area contributed by atoms with Gasteiger partial charge in [-0.2, -0.15) is 0 Å². The molecule has 0 saturated heterocycles. The molecule has 1 atom stereocenters. The van der Waals surface area contributed by atoms with Crippen LogP contribution in [0.5, 0.6) is 0 Å². The molecule has 2 fully saturated rings. The van der Waals surface area contributed by atoms with Crippen molar-refractivity contribution >= 4 is 0 Å². The number of hydrogen-bond acceptors (Lipinski definition) is 2. The molecule has 0 radical (unpaired) electrons. The van der Waals surface area contributed by atoms with Crippen LogP contribution < -0.4 is 5.32 Å². The average Bonchev–Trinajstić information content (AvgIpc) is 3.14. The van der Waals surface area contributed by atoms with E-state index in [1.807, 2.05) is 0 Å². The maximum atomic E-state index is 5.15. The van der Waals surface area contributed by atoms with Crippen LogP contribution in [0.3, 0.4) is 0 Å². The van der Waals surface area contributed by atoms with Crippen LogP contribution in [-0.4, -0.2) is 11.5 Å². The van der Waals surface area contributed by atoms with E-state index < -0.39 is 0 Å². The van der Waals surface area contributed by atoms with Crippen molar-refractivity contribution in [1.82, 2.24) is 10.3 Å². The van der Waals surface area contributed by atoms with E-state index in [-0.39, 0.29) is 0 Å². The molecule has 0 spiro atoms. The number of hydrogen-bond donors (Lipinski definition) is 1. The van der Waals surface area contributed by atoms with Gasteiger partial charge < -0.3 is 5.32 Å². The summed E-state index contributed by atoms with van der Waals surface area (Å²) in [4.78, 5) is 5.15. The van der Waals surface area contributed by atoms with E-state index in [9.17, 15) is 0 Å². The second-order valence-corrected chi connectivity index (χ2v) is 7.65. The highest BCUT2D eigenvalue weighted by Gasteiger charge is 2.26. The van der Waals surface area contributed by atoms with Crippen molar-refractivity contribution in [1.29, 1.82) is 0 Å². The number of nitrogens with one attached hydrogen (secondary N) is 1. The first kappa shape index (κ1) is 17.0. The maximum absolute atomic E-state index is 5.15. The van der Waals surface area contributed by atoms with Crippen molar-refractivity contribution in [2.75, 3.05) is 6.54 Å². The molecule has 0 amide bonds. The third kappa shape index (κ3) is 4.56. The van der Waals surface area contributed by atoms with Gasteiger partial charge in [-0.15, -0.1) is 0 Å². The Morgan fingerprint density at radius 2 is 1.78 bits per heavy atom. The largest absolute Gasteiger partial charge is 0.308 e. The van der Waals surface area contributed by atoms with E-state index in [1.165, 1.54) is 82.0 Å². The monoisotopic (exact) mass is 314 g/mol. The molecular formula is C21H34N2. The molecule has 2 saturated carbocycles. The van der Waals surface area contributed by atoms with Crippen LogP contribution in [0, 0.1) is 5.92 Å². The smallest absolute Gasteiger partial charge is 0.0579 e. The van der Waals surface area contributed by atoms with Crippen molar-refractivity contribution in [2.24, 2.45) is 5.92 Å². The average molecular weight is 315 g/mol. The number of pyridine rings is 1. The summed E-state index contributed by atoms with van der Waals surface area (Å²) in [5.74, 6) is 1.50. The molecule has 1 aromatic heterocycles. The standard InChI is InChI=1S/C21H34N2/c1-2-3-16-22-21(18-12-5-4-6-13-18)20-15-9-14-19(23-20)17-10-7-8-11-17/h9,14-15,17-18,21-22H,2-8,10-13,16H2,1H3. The normalized spacial score (nSPS) is 21.6. The second kappa shape index (κ2) is 8.82. The highest BCUT2D eigenvalue weighted by atomic mass is 14.9. The van der Waals surface area contributed by atoms with Crippen molar-refractivity contribution in [3.8, 4) is 0 Å². The van der Waals surface area contributed by atoms with Crippen LogP contribution in [0.25, 0.3) is 0 Å². The Labute approximate surface area is 142 Å². The van der Waals surface area contributed by atoms with E-state index in [0.29, 0.717) is 6.04 Å². The van der Waals surface area contributed by atoms with Crippen LogP contribution in [0.2, 0.25) is 0 Å². The first-order chi connectivity index (χ1) is 11.4. The fourth-order valence-electron chi connectivity index (χ4n) is 4.51. The van der Waals surface area contributed by atoms with Gasteiger partial charge in [0.1, 0.15) is 0 Å². The Balaban J connectivity index is 1.75. The summed E-state index contributed by atoms with van der Waals surface area (Å²) in [5.41, 5.74) is 2.68. The number of aromatic nitrogens is 1. The molecule has 3 rings (SSSR count). The Morgan fingerprint density at radius 1 is 1.04 bits per heavy atom. The SMILES string of the molecule is CCCCNC(c1cccc(C2CCCC2)n1)C1CCCCC1. The molecule has 2 nitrogen and oxygen atoms in total. The minimum absolute atomic E-state index is 0.475. The van der Waals surface area contributed by atoms with Gasteiger partial charge in [-0.1, -0.05) is 51.5 Å². The highest BCUT2D eigenvalue weighted by Crippen LogP contribution is 2.36. The molecular weight excluding hydrogens is 280 g/mol. The van der Waals surface area contributed by atoms with Gasteiger partial charge in [0.15, 0.2) is 0 Å². The minimum Gasteiger partial charge on any atom is -0.308 e. The van der Waals surface area contributed by atoms with Crippen molar-refractivity contribution in [3.05, 3.63) is 29.6 Å². The fraction of sp³-hybridized carbons (Fsp3) is 0.762. The zero-order valence-corrected chi connectivity index (χ0v) is 14.9. The minimum atomic E-state index is 0.475. The number of rotatable bonds is 7. The summed E-state index contributed by atoms with van der Waals surface area (Å²) >= 11 is 0. The summed E-state index contributed by atoms with van der Waals surface area (Å²) in [6, 6.07) is 7.27. The van der Waals surface area contributed by atoms with Crippen LogP contribution in [0.15, 0.2) is 18.2 Å². The molecule has 1 unspecified atom stereocenters. The van der Waals surface area contributed by atoms with Crippen LogP contribution in [-0.2, 0) is 0 Å². The molecule has 2 aliphatic carbocycles. The molecule has 128 valence electrons.